The molecule has 0 spiro atoms. The van der Waals surface area contributed by atoms with Crippen molar-refractivity contribution < 1.29 is 0 Å². The van der Waals surface area contributed by atoms with E-state index >= 15 is 0 Å². The third-order valence-electron chi connectivity index (χ3n) is 1.77. The largest absolute Gasteiger partial charge is 0.330 e. The van der Waals surface area contributed by atoms with Gasteiger partial charge in [0, 0.05) is 12.7 Å². The number of nitrogens with zero attached hydrogens (tertiary/aromatic N) is 3. The average Bonchev–Trinajstić information content (AvgIpc) is 2.63. The molecule has 1 heterocycles. The van der Waals surface area contributed by atoms with E-state index in [0.717, 1.165) is 39.0 Å². The molecule has 0 saturated heterocycles. The van der Waals surface area contributed by atoms with Crippen LogP contribution in [0.25, 0.3) is 0 Å². The smallest absolute Gasteiger partial charge is 0.0692 e. The number of hydrogen-bond acceptors (Lipinski definition) is 4. The van der Waals surface area contributed by atoms with Crippen molar-refractivity contribution in [3.63, 3.8) is 0 Å². The Morgan fingerprint density at radius 2 is 2.15 bits per heavy atom. The summed E-state index contributed by atoms with van der Waals surface area (Å²) < 4.78 is 1.84. The highest BCUT2D eigenvalue weighted by Gasteiger charge is 1.91. The molecule has 13 heavy (non-hydrogen) atoms. The molecule has 0 aliphatic heterocycles. The monoisotopic (exact) mass is 183 g/mol. The molecule has 5 heteroatoms. The zero-order chi connectivity index (χ0) is 9.36. The zero-order valence-corrected chi connectivity index (χ0v) is 7.82. The van der Waals surface area contributed by atoms with E-state index in [1.807, 2.05) is 10.9 Å². The van der Waals surface area contributed by atoms with Crippen molar-refractivity contribution in [1.29, 1.82) is 0 Å². The molecule has 74 valence electrons. The van der Waals surface area contributed by atoms with Gasteiger partial charge in [0.25, 0.3) is 0 Å². The Kier molecular flexibility index (Phi) is 5.12. The Hall–Kier alpha value is -0.940. The summed E-state index contributed by atoms with van der Waals surface area (Å²) in [5.41, 5.74) is 5.36. The minimum Gasteiger partial charge on any atom is -0.330 e. The van der Waals surface area contributed by atoms with E-state index in [-0.39, 0.29) is 0 Å². The fourth-order valence-corrected chi connectivity index (χ4v) is 1.07. The van der Waals surface area contributed by atoms with Gasteiger partial charge in [-0.15, -0.1) is 5.10 Å². The van der Waals surface area contributed by atoms with E-state index in [4.69, 9.17) is 5.73 Å². The lowest BCUT2D eigenvalue weighted by molar-refractivity contribution is 0.527. The Labute approximate surface area is 78.3 Å². The van der Waals surface area contributed by atoms with E-state index in [9.17, 15) is 0 Å². The van der Waals surface area contributed by atoms with Gasteiger partial charge in [-0.25, -0.2) is 0 Å². The van der Waals surface area contributed by atoms with Crippen LogP contribution < -0.4 is 11.1 Å². The normalized spacial score (nSPS) is 10.5. The van der Waals surface area contributed by atoms with E-state index in [0.29, 0.717) is 0 Å². The van der Waals surface area contributed by atoms with Crippen molar-refractivity contribution >= 4 is 0 Å². The third-order valence-corrected chi connectivity index (χ3v) is 1.77. The second-order valence-electron chi connectivity index (χ2n) is 2.91. The standard InChI is InChI=1S/C8H17N5/c9-3-1-4-10-5-2-7-13-8-6-11-12-13/h6,8,10H,1-5,7,9H2. The molecule has 0 aromatic carbocycles. The first-order valence-electron chi connectivity index (χ1n) is 4.68. The maximum absolute atomic E-state index is 5.36. The van der Waals surface area contributed by atoms with Crippen molar-refractivity contribution in [3.8, 4) is 0 Å². The predicted molar refractivity (Wildman–Crippen MR) is 51.2 cm³/mol. The lowest BCUT2D eigenvalue weighted by Crippen LogP contribution is -2.20. The fraction of sp³-hybridized carbons (Fsp3) is 0.750. The summed E-state index contributed by atoms with van der Waals surface area (Å²) in [7, 11) is 0. The van der Waals surface area contributed by atoms with Crippen LogP contribution >= 0.6 is 0 Å². The Balaban J connectivity index is 1.90. The van der Waals surface area contributed by atoms with Crippen LogP contribution in [-0.4, -0.2) is 34.6 Å². The second kappa shape index (κ2) is 6.56. The van der Waals surface area contributed by atoms with Crippen LogP contribution in [0.1, 0.15) is 12.8 Å². The van der Waals surface area contributed by atoms with Crippen LogP contribution in [0, 0.1) is 0 Å². The molecule has 0 unspecified atom stereocenters. The van der Waals surface area contributed by atoms with E-state index in [2.05, 4.69) is 15.6 Å². The van der Waals surface area contributed by atoms with Crippen molar-refractivity contribution in [2.75, 3.05) is 19.6 Å². The van der Waals surface area contributed by atoms with Crippen molar-refractivity contribution in [2.24, 2.45) is 5.73 Å². The summed E-state index contributed by atoms with van der Waals surface area (Å²) in [6, 6.07) is 0. The number of nitrogens with one attached hydrogen (secondary N) is 1. The predicted octanol–water partition coefficient (Wildman–Crippen LogP) is -0.393. The molecular weight excluding hydrogens is 166 g/mol. The fourth-order valence-electron chi connectivity index (χ4n) is 1.07. The minimum atomic E-state index is 0.760. The van der Waals surface area contributed by atoms with Gasteiger partial charge in [0.2, 0.25) is 0 Å². The van der Waals surface area contributed by atoms with Crippen LogP contribution in [0.4, 0.5) is 0 Å². The first-order valence-corrected chi connectivity index (χ1v) is 4.68. The highest BCUT2D eigenvalue weighted by molar-refractivity contribution is 4.63. The summed E-state index contributed by atoms with van der Waals surface area (Å²) in [5, 5.41) is 10.9. The number of aromatic nitrogens is 3. The highest BCUT2D eigenvalue weighted by Crippen LogP contribution is 1.85. The molecule has 1 rings (SSSR count). The maximum atomic E-state index is 5.36. The van der Waals surface area contributed by atoms with Crippen LogP contribution in [0.3, 0.4) is 0 Å². The Bertz CT molecular complexity index is 196. The van der Waals surface area contributed by atoms with E-state index in [1.54, 1.807) is 6.20 Å². The third kappa shape index (κ3) is 4.59. The highest BCUT2D eigenvalue weighted by atomic mass is 15.4. The van der Waals surface area contributed by atoms with Gasteiger partial charge < -0.3 is 11.1 Å². The molecule has 0 atom stereocenters. The van der Waals surface area contributed by atoms with Gasteiger partial charge in [0.1, 0.15) is 0 Å². The molecule has 5 nitrogen and oxygen atoms in total. The van der Waals surface area contributed by atoms with E-state index < -0.39 is 0 Å². The Morgan fingerprint density at radius 3 is 2.85 bits per heavy atom. The van der Waals surface area contributed by atoms with Crippen LogP contribution in [-0.2, 0) is 6.54 Å². The van der Waals surface area contributed by atoms with Crippen LogP contribution in [0.5, 0.6) is 0 Å². The number of aryl methyl sites for hydroxylation is 1. The molecular formula is C8H17N5. The van der Waals surface area contributed by atoms with Crippen LogP contribution in [0.15, 0.2) is 12.4 Å². The lowest BCUT2D eigenvalue weighted by Gasteiger charge is -2.02. The molecule has 0 bridgehead atoms. The first kappa shape index (κ1) is 10.1. The first-order chi connectivity index (χ1) is 6.43. The maximum Gasteiger partial charge on any atom is 0.0692 e. The average molecular weight is 183 g/mol. The topological polar surface area (TPSA) is 68.8 Å². The summed E-state index contributed by atoms with van der Waals surface area (Å²) >= 11 is 0. The molecule has 0 aliphatic rings. The molecule has 0 amide bonds. The molecule has 0 saturated carbocycles. The zero-order valence-electron chi connectivity index (χ0n) is 7.82. The molecule has 0 aliphatic carbocycles. The summed E-state index contributed by atoms with van der Waals surface area (Å²) in [6.07, 6.45) is 5.69. The quantitative estimate of drug-likeness (QED) is 0.565. The van der Waals surface area contributed by atoms with Crippen LogP contribution in [0.2, 0.25) is 0 Å². The van der Waals surface area contributed by atoms with Crippen molar-refractivity contribution in [3.05, 3.63) is 12.4 Å². The number of nitrogens with two attached hydrogens (primary N) is 1. The van der Waals surface area contributed by atoms with Gasteiger partial charge in [-0.3, -0.25) is 4.68 Å². The van der Waals surface area contributed by atoms with Gasteiger partial charge in [-0.1, -0.05) is 5.21 Å². The molecule has 0 radical (unpaired) electrons. The minimum absolute atomic E-state index is 0.760. The van der Waals surface area contributed by atoms with Gasteiger partial charge in [0.05, 0.1) is 6.20 Å². The number of hydrogen-bond donors (Lipinski definition) is 2. The van der Waals surface area contributed by atoms with Gasteiger partial charge >= 0.3 is 0 Å². The summed E-state index contributed by atoms with van der Waals surface area (Å²) in [6.45, 7) is 3.71. The van der Waals surface area contributed by atoms with E-state index in [1.165, 1.54) is 0 Å². The molecule has 3 N–H and O–H groups in total. The van der Waals surface area contributed by atoms with Crippen molar-refractivity contribution in [1.82, 2.24) is 20.3 Å². The SMILES string of the molecule is NCCCNCCCn1ccnn1. The summed E-state index contributed by atoms with van der Waals surface area (Å²) in [4.78, 5) is 0. The molecule has 1 aromatic rings. The molecule has 0 fully saturated rings. The lowest BCUT2D eigenvalue weighted by atomic mass is 10.4. The van der Waals surface area contributed by atoms with Gasteiger partial charge in [-0.05, 0) is 32.5 Å². The summed E-state index contributed by atoms with van der Waals surface area (Å²) in [5.74, 6) is 0. The second-order valence-corrected chi connectivity index (χ2v) is 2.91. The number of rotatable bonds is 7. The molecule has 1 aromatic heterocycles. The van der Waals surface area contributed by atoms with Crippen molar-refractivity contribution in [2.45, 2.75) is 19.4 Å². The van der Waals surface area contributed by atoms with Gasteiger partial charge in [0.15, 0.2) is 0 Å². The van der Waals surface area contributed by atoms with Gasteiger partial charge in [-0.2, -0.15) is 0 Å². The Morgan fingerprint density at radius 1 is 1.31 bits per heavy atom.